The monoisotopic (exact) mass is 430 g/mol. The van der Waals surface area contributed by atoms with Gasteiger partial charge in [0.05, 0.1) is 0 Å². The number of carbonyl (C=O) groups is 2. The fourth-order valence-electron chi connectivity index (χ4n) is 3.21. The molecule has 166 valence electrons. The van der Waals surface area contributed by atoms with Gasteiger partial charge in [-0.25, -0.2) is 0 Å². The molecule has 5 nitrogen and oxygen atoms in total. The van der Waals surface area contributed by atoms with Gasteiger partial charge in [-0.15, -0.1) is 0 Å². The van der Waals surface area contributed by atoms with Crippen LogP contribution in [-0.4, -0.2) is 18.4 Å². The first-order valence-electron chi connectivity index (χ1n) is 11.1. The maximum atomic E-state index is 12.5. The second-order valence-corrected chi connectivity index (χ2v) is 7.67. The summed E-state index contributed by atoms with van der Waals surface area (Å²) < 4.78 is 5.54. The first-order valence-corrected chi connectivity index (χ1v) is 11.1. The standard InChI is InChI=1S/C27H30N2O3/c1-3-5-6-21-9-15-24(16-10-21)29-27(31)22-11-17-25(18-12-22)32-19-26(30)28-23-13-7-20(4-2)8-14-23/h7-18H,3-6,19H2,1-2H3,(H,28,30)(H,29,31). The van der Waals surface area contributed by atoms with Crippen LogP contribution in [0.4, 0.5) is 11.4 Å². The first kappa shape index (κ1) is 23.1. The first-order chi connectivity index (χ1) is 15.6. The number of amides is 2. The predicted octanol–water partition coefficient (Wildman–Crippen LogP) is 5.86. The summed E-state index contributed by atoms with van der Waals surface area (Å²) in [6, 6.07) is 22.4. The molecule has 0 atom stereocenters. The maximum absolute atomic E-state index is 12.5. The van der Waals surface area contributed by atoms with Gasteiger partial charge in [0.1, 0.15) is 5.75 Å². The molecule has 0 unspecified atom stereocenters. The summed E-state index contributed by atoms with van der Waals surface area (Å²) in [6.07, 6.45) is 4.33. The number of hydrogen-bond acceptors (Lipinski definition) is 3. The van der Waals surface area contributed by atoms with Crippen molar-refractivity contribution in [2.24, 2.45) is 0 Å². The highest BCUT2D eigenvalue weighted by Crippen LogP contribution is 2.16. The molecule has 2 N–H and O–H groups in total. The molecule has 32 heavy (non-hydrogen) atoms. The lowest BCUT2D eigenvalue weighted by Crippen LogP contribution is -2.20. The lowest BCUT2D eigenvalue weighted by Gasteiger charge is -2.09. The van der Waals surface area contributed by atoms with Crippen LogP contribution in [0, 0.1) is 0 Å². The molecule has 3 rings (SSSR count). The summed E-state index contributed by atoms with van der Waals surface area (Å²) in [5.74, 6) is 0.0999. The van der Waals surface area contributed by atoms with Gasteiger partial charge in [0.2, 0.25) is 0 Å². The van der Waals surface area contributed by atoms with Crippen molar-refractivity contribution in [3.05, 3.63) is 89.5 Å². The van der Waals surface area contributed by atoms with E-state index < -0.39 is 0 Å². The third kappa shape index (κ3) is 6.98. The Hall–Kier alpha value is -3.60. The Labute approximate surface area is 189 Å². The Morgan fingerprint density at radius 3 is 1.94 bits per heavy atom. The molecule has 3 aromatic rings. The second-order valence-electron chi connectivity index (χ2n) is 7.67. The number of aryl methyl sites for hydroxylation is 2. The summed E-state index contributed by atoms with van der Waals surface area (Å²) in [4.78, 5) is 24.6. The molecule has 0 spiro atoms. The van der Waals surface area contributed by atoms with Gasteiger partial charge in [-0.2, -0.15) is 0 Å². The molecule has 0 heterocycles. The molecule has 3 aromatic carbocycles. The third-order valence-electron chi connectivity index (χ3n) is 5.16. The van der Waals surface area contributed by atoms with Crippen LogP contribution in [0.15, 0.2) is 72.8 Å². The number of rotatable bonds is 10. The van der Waals surface area contributed by atoms with Crippen LogP contribution in [0.2, 0.25) is 0 Å². The number of unbranched alkanes of at least 4 members (excludes halogenated alkanes) is 1. The Kier molecular flexibility index (Phi) is 8.44. The number of anilines is 2. The SMILES string of the molecule is CCCCc1ccc(NC(=O)c2ccc(OCC(=O)Nc3ccc(CC)cc3)cc2)cc1. The van der Waals surface area contributed by atoms with E-state index >= 15 is 0 Å². The number of hydrogen-bond donors (Lipinski definition) is 2. The topological polar surface area (TPSA) is 67.4 Å². The average molecular weight is 431 g/mol. The zero-order valence-electron chi connectivity index (χ0n) is 18.7. The zero-order chi connectivity index (χ0) is 22.8. The van der Waals surface area contributed by atoms with Gasteiger partial charge in [-0.1, -0.05) is 44.5 Å². The highest BCUT2D eigenvalue weighted by atomic mass is 16.5. The van der Waals surface area contributed by atoms with Gasteiger partial charge in [-0.05, 0) is 78.9 Å². The summed E-state index contributed by atoms with van der Waals surface area (Å²) in [5.41, 5.74) is 4.51. The third-order valence-corrected chi connectivity index (χ3v) is 5.16. The van der Waals surface area contributed by atoms with Crippen molar-refractivity contribution >= 4 is 23.2 Å². The van der Waals surface area contributed by atoms with Gasteiger partial charge in [-0.3, -0.25) is 9.59 Å². The fraction of sp³-hybridized carbons (Fsp3) is 0.259. The second kappa shape index (κ2) is 11.7. The van der Waals surface area contributed by atoms with Gasteiger partial charge < -0.3 is 15.4 Å². The van der Waals surface area contributed by atoms with E-state index in [0.717, 1.165) is 37.1 Å². The van der Waals surface area contributed by atoms with Crippen molar-refractivity contribution in [3.63, 3.8) is 0 Å². The van der Waals surface area contributed by atoms with Crippen LogP contribution < -0.4 is 15.4 Å². The number of ether oxygens (including phenoxy) is 1. The Morgan fingerprint density at radius 2 is 1.34 bits per heavy atom. The molecule has 5 heteroatoms. The summed E-state index contributed by atoms with van der Waals surface area (Å²) in [5, 5.41) is 5.71. The van der Waals surface area contributed by atoms with Crippen molar-refractivity contribution in [1.29, 1.82) is 0 Å². The van der Waals surface area contributed by atoms with Gasteiger partial charge in [0.15, 0.2) is 6.61 Å². The van der Waals surface area contributed by atoms with Gasteiger partial charge >= 0.3 is 0 Å². The number of nitrogens with one attached hydrogen (secondary N) is 2. The van der Waals surface area contributed by atoms with Crippen LogP contribution in [0.3, 0.4) is 0 Å². The van der Waals surface area contributed by atoms with E-state index in [2.05, 4.69) is 24.5 Å². The van der Waals surface area contributed by atoms with Crippen LogP contribution in [-0.2, 0) is 17.6 Å². The lowest BCUT2D eigenvalue weighted by molar-refractivity contribution is -0.118. The normalized spacial score (nSPS) is 10.4. The van der Waals surface area contributed by atoms with E-state index in [9.17, 15) is 9.59 Å². The van der Waals surface area contributed by atoms with Gasteiger partial charge in [0, 0.05) is 16.9 Å². The Balaban J connectivity index is 1.47. The molecule has 0 fully saturated rings. The van der Waals surface area contributed by atoms with Crippen LogP contribution in [0.25, 0.3) is 0 Å². The fourth-order valence-corrected chi connectivity index (χ4v) is 3.21. The van der Waals surface area contributed by atoms with E-state index in [1.807, 2.05) is 48.5 Å². The smallest absolute Gasteiger partial charge is 0.262 e. The zero-order valence-corrected chi connectivity index (χ0v) is 18.7. The van der Waals surface area contributed by atoms with Crippen LogP contribution >= 0.6 is 0 Å². The van der Waals surface area contributed by atoms with E-state index in [1.54, 1.807) is 24.3 Å². The van der Waals surface area contributed by atoms with Crippen molar-refractivity contribution in [1.82, 2.24) is 0 Å². The van der Waals surface area contributed by atoms with Crippen LogP contribution in [0.5, 0.6) is 5.75 Å². The summed E-state index contributed by atoms with van der Waals surface area (Å²) >= 11 is 0. The summed E-state index contributed by atoms with van der Waals surface area (Å²) in [7, 11) is 0. The minimum Gasteiger partial charge on any atom is -0.484 e. The van der Waals surface area contributed by atoms with Crippen molar-refractivity contribution < 1.29 is 14.3 Å². The van der Waals surface area contributed by atoms with Crippen LogP contribution in [0.1, 0.15) is 48.2 Å². The van der Waals surface area contributed by atoms with E-state index in [1.165, 1.54) is 11.1 Å². The molecule has 0 aliphatic heterocycles. The number of carbonyl (C=O) groups excluding carboxylic acids is 2. The highest BCUT2D eigenvalue weighted by Gasteiger charge is 2.08. The predicted molar refractivity (Wildman–Crippen MR) is 129 cm³/mol. The molecule has 0 aliphatic carbocycles. The quantitative estimate of drug-likeness (QED) is 0.423. The maximum Gasteiger partial charge on any atom is 0.262 e. The average Bonchev–Trinajstić information content (AvgIpc) is 2.83. The molecule has 0 aromatic heterocycles. The number of benzene rings is 3. The largest absolute Gasteiger partial charge is 0.484 e. The molecule has 2 amide bonds. The van der Waals surface area contributed by atoms with Crippen molar-refractivity contribution in [2.75, 3.05) is 17.2 Å². The van der Waals surface area contributed by atoms with E-state index in [4.69, 9.17) is 4.74 Å². The van der Waals surface area contributed by atoms with Crippen molar-refractivity contribution in [2.45, 2.75) is 39.5 Å². The highest BCUT2D eigenvalue weighted by molar-refractivity contribution is 6.04. The van der Waals surface area contributed by atoms with Gasteiger partial charge in [0.25, 0.3) is 11.8 Å². The molecule has 0 saturated heterocycles. The van der Waals surface area contributed by atoms with E-state index in [0.29, 0.717) is 11.3 Å². The molecule has 0 bridgehead atoms. The van der Waals surface area contributed by atoms with Crippen molar-refractivity contribution in [3.8, 4) is 5.75 Å². The molecule has 0 saturated carbocycles. The minimum absolute atomic E-state index is 0.106. The lowest BCUT2D eigenvalue weighted by atomic mass is 10.1. The summed E-state index contributed by atoms with van der Waals surface area (Å²) in [6.45, 7) is 4.15. The Bertz CT molecular complexity index is 1010. The molecule has 0 aliphatic rings. The molecular formula is C27H30N2O3. The minimum atomic E-state index is -0.238. The molecule has 0 radical (unpaired) electrons. The Morgan fingerprint density at radius 1 is 0.750 bits per heavy atom. The van der Waals surface area contributed by atoms with E-state index in [-0.39, 0.29) is 18.4 Å². The molecular weight excluding hydrogens is 400 g/mol.